The fourth-order valence-electron chi connectivity index (χ4n) is 3.25. The Balaban J connectivity index is 1.48. The van der Waals surface area contributed by atoms with Gasteiger partial charge in [0.25, 0.3) is 0 Å². The first-order valence-corrected chi connectivity index (χ1v) is 7.39. The number of amides is 2. The van der Waals surface area contributed by atoms with Gasteiger partial charge in [0.2, 0.25) is 0 Å². The number of carbonyl (C=O) groups is 1. The maximum Gasteiger partial charge on any atom is 0.315 e. The molecule has 1 aliphatic heterocycles. The molecule has 2 amide bonds. The summed E-state index contributed by atoms with van der Waals surface area (Å²) in [7, 11) is 0. The molecule has 5 nitrogen and oxygen atoms in total. The van der Waals surface area contributed by atoms with Gasteiger partial charge < -0.3 is 15.4 Å². The van der Waals surface area contributed by atoms with Crippen LogP contribution in [0.5, 0.6) is 0 Å². The summed E-state index contributed by atoms with van der Waals surface area (Å²) in [5, 5.41) is 5.98. The molecule has 1 aliphatic carbocycles. The molecule has 1 saturated carbocycles. The highest BCUT2D eigenvalue weighted by Gasteiger charge is 2.38. The monoisotopic (exact) mass is 275 g/mol. The minimum absolute atomic E-state index is 0.104. The van der Waals surface area contributed by atoms with Crippen LogP contribution in [-0.4, -0.2) is 29.8 Å². The lowest BCUT2D eigenvalue weighted by Crippen LogP contribution is -2.49. The van der Waals surface area contributed by atoms with E-state index in [2.05, 4.69) is 15.6 Å². The topological polar surface area (TPSA) is 63.2 Å². The Labute approximate surface area is 119 Å². The Morgan fingerprint density at radius 3 is 3.15 bits per heavy atom. The summed E-state index contributed by atoms with van der Waals surface area (Å²) in [5.41, 5.74) is 0.869. The van der Waals surface area contributed by atoms with Crippen molar-refractivity contribution in [2.24, 2.45) is 5.92 Å². The first-order chi connectivity index (χ1) is 9.83. The van der Waals surface area contributed by atoms with Gasteiger partial charge in [-0.05, 0) is 37.8 Å². The van der Waals surface area contributed by atoms with Crippen LogP contribution >= 0.6 is 0 Å². The van der Waals surface area contributed by atoms with E-state index in [0.29, 0.717) is 18.6 Å². The average molecular weight is 275 g/mol. The zero-order valence-corrected chi connectivity index (χ0v) is 11.5. The number of hydrogen-bond donors (Lipinski definition) is 2. The molecule has 0 aromatic carbocycles. The number of rotatable bonds is 3. The van der Waals surface area contributed by atoms with Crippen molar-refractivity contribution < 1.29 is 9.53 Å². The van der Waals surface area contributed by atoms with Gasteiger partial charge >= 0.3 is 6.03 Å². The van der Waals surface area contributed by atoms with Gasteiger partial charge in [0.1, 0.15) is 0 Å². The van der Waals surface area contributed by atoms with Crippen LogP contribution in [0.2, 0.25) is 0 Å². The molecule has 1 aromatic rings. The van der Waals surface area contributed by atoms with E-state index in [-0.39, 0.29) is 12.1 Å². The van der Waals surface area contributed by atoms with Gasteiger partial charge in [0.05, 0.1) is 18.3 Å². The van der Waals surface area contributed by atoms with Crippen molar-refractivity contribution in [1.82, 2.24) is 15.6 Å². The minimum Gasteiger partial charge on any atom is -0.378 e. The van der Waals surface area contributed by atoms with Crippen molar-refractivity contribution in [1.29, 1.82) is 0 Å². The molecule has 5 heteroatoms. The second-order valence-corrected chi connectivity index (χ2v) is 5.55. The smallest absolute Gasteiger partial charge is 0.315 e. The molecule has 20 heavy (non-hydrogen) atoms. The molecule has 2 fully saturated rings. The van der Waals surface area contributed by atoms with E-state index in [1.165, 1.54) is 0 Å². The zero-order valence-electron chi connectivity index (χ0n) is 11.5. The number of hydrogen-bond acceptors (Lipinski definition) is 3. The Hall–Kier alpha value is -1.62. The molecule has 2 N–H and O–H groups in total. The highest BCUT2D eigenvalue weighted by molar-refractivity contribution is 5.74. The molecule has 3 rings (SSSR count). The average Bonchev–Trinajstić information content (AvgIpc) is 2.96. The van der Waals surface area contributed by atoms with Crippen molar-refractivity contribution >= 4 is 6.03 Å². The molecule has 1 saturated heterocycles. The largest absolute Gasteiger partial charge is 0.378 e. The third kappa shape index (κ3) is 3.10. The van der Waals surface area contributed by atoms with E-state index in [1.54, 1.807) is 6.20 Å². The van der Waals surface area contributed by atoms with Gasteiger partial charge in [-0.25, -0.2) is 4.79 Å². The molecule has 0 spiro atoms. The van der Waals surface area contributed by atoms with Gasteiger partial charge in [-0.15, -0.1) is 0 Å². The van der Waals surface area contributed by atoms with Crippen LogP contribution in [0.25, 0.3) is 0 Å². The highest BCUT2D eigenvalue weighted by Crippen LogP contribution is 2.34. The summed E-state index contributed by atoms with van der Waals surface area (Å²) in [5.74, 6) is 0.490. The lowest BCUT2D eigenvalue weighted by molar-refractivity contribution is 0.0549. The fourth-order valence-corrected chi connectivity index (χ4v) is 3.25. The number of fused-ring (bicyclic) bond motifs is 1. The first-order valence-electron chi connectivity index (χ1n) is 7.39. The Morgan fingerprint density at radius 1 is 1.35 bits per heavy atom. The van der Waals surface area contributed by atoms with Crippen molar-refractivity contribution in [2.45, 2.75) is 44.4 Å². The van der Waals surface area contributed by atoms with E-state index in [4.69, 9.17) is 4.74 Å². The molecule has 2 heterocycles. The second kappa shape index (κ2) is 6.22. The van der Waals surface area contributed by atoms with Crippen LogP contribution in [0.3, 0.4) is 0 Å². The Kier molecular flexibility index (Phi) is 4.16. The van der Waals surface area contributed by atoms with E-state index >= 15 is 0 Å². The van der Waals surface area contributed by atoms with Gasteiger partial charge in [0.15, 0.2) is 0 Å². The van der Waals surface area contributed by atoms with Crippen LogP contribution in [0.15, 0.2) is 24.4 Å². The lowest BCUT2D eigenvalue weighted by Gasteiger charge is -2.33. The third-order valence-electron chi connectivity index (χ3n) is 4.25. The number of carbonyl (C=O) groups excluding carboxylic acids is 1. The van der Waals surface area contributed by atoms with Gasteiger partial charge in [0, 0.05) is 24.8 Å². The SMILES string of the molecule is O=C(NCc1ccccn1)N[C@@H]1CCC[C@@H]2OCC[C@H]21. The lowest BCUT2D eigenvalue weighted by atomic mass is 9.82. The standard InChI is InChI=1S/C15H21N3O2/c19-15(17-10-11-4-1-2-8-16-11)18-13-5-3-6-14-12(13)7-9-20-14/h1-2,4,8,12-14H,3,5-7,9-10H2,(H2,17,18,19)/t12-,13+,14-/m0/s1. The summed E-state index contributed by atoms with van der Waals surface area (Å²) in [6, 6.07) is 5.84. The molecule has 3 atom stereocenters. The summed E-state index contributed by atoms with van der Waals surface area (Å²) in [4.78, 5) is 16.2. The Bertz CT molecular complexity index is 452. The summed E-state index contributed by atoms with van der Waals surface area (Å²) in [6.07, 6.45) is 6.48. The van der Waals surface area contributed by atoms with Crippen molar-refractivity contribution in [3.8, 4) is 0 Å². The van der Waals surface area contributed by atoms with E-state index in [9.17, 15) is 4.79 Å². The predicted octanol–water partition coefficient (Wildman–Crippen LogP) is 1.84. The highest BCUT2D eigenvalue weighted by atomic mass is 16.5. The third-order valence-corrected chi connectivity index (χ3v) is 4.25. The molecule has 0 radical (unpaired) electrons. The van der Waals surface area contributed by atoms with E-state index < -0.39 is 0 Å². The van der Waals surface area contributed by atoms with E-state index in [1.807, 2.05) is 18.2 Å². The number of urea groups is 1. The van der Waals surface area contributed by atoms with Gasteiger partial charge in [-0.1, -0.05) is 6.07 Å². The quantitative estimate of drug-likeness (QED) is 0.884. The molecule has 2 aliphatic rings. The van der Waals surface area contributed by atoms with Crippen LogP contribution in [0, 0.1) is 5.92 Å². The minimum atomic E-state index is -0.104. The summed E-state index contributed by atoms with van der Waals surface area (Å²) >= 11 is 0. The van der Waals surface area contributed by atoms with Crippen LogP contribution in [0.1, 0.15) is 31.4 Å². The van der Waals surface area contributed by atoms with Crippen molar-refractivity contribution in [3.05, 3.63) is 30.1 Å². The first kappa shape index (κ1) is 13.4. The van der Waals surface area contributed by atoms with Crippen molar-refractivity contribution in [2.75, 3.05) is 6.61 Å². The predicted molar refractivity (Wildman–Crippen MR) is 75.1 cm³/mol. The molecule has 0 unspecified atom stereocenters. The normalized spacial score (nSPS) is 28.7. The van der Waals surface area contributed by atoms with Crippen LogP contribution in [0.4, 0.5) is 4.79 Å². The molecule has 0 bridgehead atoms. The summed E-state index contributed by atoms with van der Waals surface area (Å²) in [6.45, 7) is 1.30. The van der Waals surface area contributed by atoms with E-state index in [0.717, 1.165) is 38.0 Å². The molecular formula is C15H21N3O2. The van der Waals surface area contributed by atoms with Crippen LogP contribution in [-0.2, 0) is 11.3 Å². The number of nitrogens with zero attached hydrogens (tertiary/aromatic N) is 1. The molecular weight excluding hydrogens is 254 g/mol. The molecule has 1 aromatic heterocycles. The number of aromatic nitrogens is 1. The summed E-state index contributed by atoms with van der Waals surface area (Å²) < 4.78 is 5.72. The van der Waals surface area contributed by atoms with Crippen molar-refractivity contribution in [3.63, 3.8) is 0 Å². The number of ether oxygens (including phenoxy) is 1. The zero-order chi connectivity index (χ0) is 13.8. The Morgan fingerprint density at radius 2 is 2.30 bits per heavy atom. The number of pyridine rings is 1. The number of nitrogens with one attached hydrogen (secondary N) is 2. The maximum absolute atomic E-state index is 12.0. The molecule has 108 valence electrons. The van der Waals surface area contributed by atoms with Gasteiger partial charge in [-0.3, -0.25) is 4.98 Å². The second-order valence-electron chi connectivity index (χ2n) is 5.55. The van der Waals surface area contributed by atoms with Gasteiger partial charge in [-0.2, -0.15) is 0 Å². The van der Waals surface area contributed by atoms with Crippen LogP contribution < -0.4 is 10.6 Å². The fraction of sp³-hybridized carbons (Fsp3) is 0.600. The maximum atomic E-state index is 12.0.